The van der Waals surface area contributed by atoms with E-state index >= 15 is 0 Å². The average Bonchev–Trinajstić information content (AvgIpc) is 3.18. The van der Waals surface area contributed by atoms with Crippen LogP contribution >= 0.6 is 0 Å². The fourth-order valence-corrected chi connectivity index (χ4v) is 2.23. The smallest absolute Gasteiger partial charge is 0.276 e. The van der Waals surface area contributed by atoms with Crippen molar-refractivity contribution in [3.63, 3.8) is 0 Å². The van der Waals surface area contributed by atoms with Crippen molar-refractivity contribution in [2.75, 3.05) is 5.32 Å². The maximum absolute atomic E-state index is 12.2. The van der Waals surface area contributed by atoms with Gasteiger partial charge in [0.05, 0.1) is 18.4 Å². The predicted molar refractivity (Wildman–Crippen MR) is 88.3 cm³/mol. The minimum atomic E-state index is -0.233. The third kappa shape index (κ3) is 3.66. The Labute approximate surface area is 134 Å². The number of hydrogen-bond acceptors (Lipinski definition) is 3. The molecular weight excluding hydrogens is 290 g/mol. The standard InChI is InChI=1S/C17H19N5O/c1-13(2)22-9-8-16(20-22)17(23)19-15-10-18-21(12-15)11-14-6-4-3-5-7-14/h3-10,12-13H,11H2,1-2H3,(H,19,23). The van der Waals surface area contributed by atoms with E-state index in [4.69, 9.17) is 0 Å². The quantitative estimate of drug-likeness (QED) is 0.788. The third-order valence-corrected chi connectivity index (χ3v) is 3.45. The van der Waals surface area contributed by atoms with Crippen LogP contribution in [-0.2, 0) is 6.54 Å². The molecule has 2 aromatic heterocycles. The topological polar surface area (TPSA) is 64.7 Å². The molecule has 0 atom stereocenters. The second kappa shape index (κ2) is 6.48. The van der Waals surface area contributed by atoms with Gasteiger partial charge in [-0.3, -0.25) is 14.2 Å². The zero-order valence-corrected chi connectivity index (χ0v) is 13.2. The molecule has 0 aliphatic rings. The lowest BCUT2D eigenvalue weighted by molar-refractivity contribution is 0.102. The lowest BCUT2D eigenvalue weighted by atomic mass is 10.2. The van der Waals surface area contributed by atoms with E-state index in [1.165, 1.54) is 0 Å². The summed E-state index contributed by atoms with van der Waals surface area (Å²) in [6.45, 7) is 4.70. The van der Waals surface area contributed by atoms with Crippen molar-refractivity contribution in [2.24, 2.45) is 0 Å². The first-order valence-corrected chi connectivity index (χ1v) is 7.55. The molecule has 0 spiro atoms. The summed E-state index contributed by atoms with van der Waals surface area (Å²) < 4.78 is 3.55. The van der Waals surface area contributed by atoms with Crippen LogP contribution < -0.4 is 5.32 Å². The van der Waals surface area contributed by atoms with Gasteiger partial charge in [-0.05, 0) is 25.5 Å². The maximum Gasteiger partial charge on any atom is 0.276 e. The number of anilines is 1. The van der Waals surface area contributed by atoms with Gasteiger partial charge in [0.1, 0.15) is 0 Å². The number of rotatable bonds is 5. The Kier molecular flexibility index (Phi) is 4.23. The first-order valence-electron chi connectivity index (χ1n) is 7.55. The lowest BCUT2D eigenvalue weighted by Crippen LogP contribution is -2.13. The SMILES string of the molecule is CC(C)n1ccc(C(=O)Nc2cnn(Cc3ccccc3)c2)n1. The second-order valence-electron chi connectivity index (χ2n) is 5.64. The van der Waals surface area contributed by atoms with Crippen molar-refractivity contribution in [3.05, 3.63) is 66.2 Å². The van der Waals surface area contributed by atoms with Crippen LogP contribution in [0.2, 0.25) is 0 Å². The van der Waals surface area contributed by atoms with Crippen LogP contribution in [0.4, 0.5) is 5.69 Å². The van der Waals surface area contributed by atoms with E-state index in [1.54, 1.807) is 27.8 Å². The van der Waals surface area contributed by atoms with Crippen molar-refractivity contribution in [1.29, 1.82) is 0 Å². The average molecular weight is 309 g/mol. The van der Waals surface area contributed by atoms with E-state index in [0.717, 1.165) is 5.56 Å². The van der Waals surface area contributed by atoms with Gasteiger partial charge >= 0.3 is 0 Å². The van der Waals surface area contributed by atoms with Crippen molar-refractivity contribution in [3.8, 4) is 0 Å². The second-order valence-corrected chi connectivity index (χ2v) is 5.64. The van der Waals surface area contributed by atoms with E-state index in [0.29, 0.717) is 17.9 Å². The molecule has 0 radical (unpaired) electrons. The van der Waals surface area contributed by atoms with Crippen LogP contribution in [0.25, 0.3) is 0 Å². The minimum absolute atomic E-state index is 0.227. The Morgan fingerprint density at radius 1 is 1.22 bits per heavy atom. The summed E-state index contributed by atoms with van der Waals surface area (Å²) in [4.78, 5) is 12.2. The molecule has 1 aromatic carbocycles. The molecule has 2 heterocycles. The van der Waals surface area contributed by atoms with Crippen molar-refractivity contribution < 1.29 is 4.79 Å². The highest BCUT2D eigenvalue weighted by Crippen LogP contribution is 2.10. The molecule has 0 fully saturated rings. The molecule has 1 N–H and O–H groups in total. The van der Waals surface area contributed by atoms with E-state index < -0.39 is 0 Å². The highest BCUT2D eigenvalue weighted by atomic mass is 16.2. The number of carbonyl (C=O) groups excluding carboxylic acids is 1. The Morgan fingerprint density at radius 3 is 2.70 bits per heavy atom. The van der Waals surface area contributed by atoms with Gasteiger partial charge < -0.3 is 5.32 Å². The molecule has 0 aliphatic heterocycles. The fourth-order valence-electron chi connectivity index (χ4n) is 2.23. The minimum Gasteiger partial charge on any atom is -0.318 e. The highest BCUT2D eigenvalue weighted by molar-refractivity contribution is 6.02. The van der Waals surface area contributed by atoms with E-state index in [9.17, 15) is 4.79 Å². The summed E-state index contributed by atoms with van der Waals surface area (Å²) >= 11 is 0. The van der Waals surface area contributed by atoms with Gasteiger partial charge in [0.2, 0.25) is 0 Å². The zero-order valence-electron chi connectivity index (χ0n) is 13.2. The molecule has 118 valence electrons. The van der Waals surface area contributed by atoms with E-state index in [2.05, 4.69) is 15.5 Å². The summed E-state index contributed by atoms with van der Waals surface area (Å²) in [7, 11) is 0. The van der Waals surface area contributed by atoms with Crippen molar-refractivity contribution >= 4 is 11.6 Å². The Morgan fingerprint density at radius 2 is 2.00 bits per heavy atom. The summed E-state index contributed by atoms with van der Waals surface area (Å²) in [6, 6.07) is 12.0. The molecule has 6 heteroatoms. The molecule has 1 amide bonds. The number of aromatic nitrogens is 4. The molecule has 6 nitrogen and oxygen atoms in total. The van der Waals surface area contributed by atoms with Crippen LogP contribution in [0, 0.1) is 0 Å². The Bertz CT molecular complexity index is 788. The molecule has 0 bridgehead atoms. The van der Waals surface area contributed by atoms with Gasteiger partial charge in [-0.25, -0.2) is 0 Å². The van der Waals surface area contributed by atoms with Crippen LogP contribution in [0.15, 0.2) is 55.0 Å². The monoisotopic (exact) mass is 309 g/mol. The van der Waals surface area contributed by atoms with Crippen LogP contribution in [0.5, 0.6) is 0 Å². The number of nitrogens with one attached hydrogen (secondary N) is 1. The molecule has 0 saturated heterocycles. The molecule has 0 saturated carbocycles. The molecule has 3 rings (SSSR count). The third-order valence-electron chi connectivity index (χ3n) is 3.45. The van der Waals surface area contributed by atoms with E-state index in [1.807, 2.05) is 50.4 Å². The lowest BCUT2D eigenvalue weighted by Gasteiger charge is -2.04. The Balaban J connectivity index is 1.65. The van der Waals surface area contributed by atoms with Crippen LogP contribution in [0.1, 0.15) is 35.9 Å². The Hall–Kier alpha value is -2.89. The van der Waals surface area contributed by atoms with Crippen molar-refractivity contribution in [2.45, 2.75) is 26.4 Å². The summed E-state index contributed by atoms with van der Waals surface area (Å²) in [5.74, 6) is -0.233. The first kappa shape index (κ1) is 15.0. The van der Waals surface area contributed by atoms with Gasteiger partial charge in [-0.1, -0.05) is 30.3 Å². The largest absolute Gasteiger partial charge is 0.318 e. The van der Waals surface area contributed by atoms with Gasteiger partial charge in [0, 0.05) is 18.4 Å². The number of amides is 1. The fraction of sp³-hybridized carbons (Fsp3) is 0.235. The van der Waals surface area contributed by atoms with Gasteiger partial charge in [0.25, 0.3) is 5.91 Å². The van der Waals surface area contributed by atoms with Gasteiger partial charge in [-0.15, -0.1) is 0 Å². The van der Waals surface area contributed by atoms with Crippen molar-refractivity contribution in [1.82, 2.24) is 19.6 Å². The highest BCUT2D eigenvalue weighted by Gasteiger charge is 2.12. The molecule has 3 aromatic rings. The number of benzene rings is 1. The maximum atomic E-state index is 12.2. The normalized spacial score (nSPS) is 10.9. The molecule has 0 aliphatic carbocycles. The number of nitrogens with zero attached hydrogens (tertiary/aromatic N) is 4. The van der Waals surface area contributed by atoms with E-state index in [-0.39, 0.29) is 11.9 Å². The zero-order chi connectivity index (χ0) is 16.2. The van der Waals surface area contributed by atoms with Gasteiger partial charge in [0.15, 0.2) is 5.69 Å². The predicted octanol–water partition coefficient (Wildman–Crippen LogP) is 2.96. The summed E-state index contributed by atoms with van der Waals surface area (Å²) in [5.41, 5.74) is 2.21. The number of carbonyl (C=O) groups is 1. The van der Waals surface area contributed by atoms with Gasteiger partial charge in [-0.2, -0.15) is 10.2 Å². The van der Waals surface area contributed by atoms with Crippen LogP contribution in [-0.4, -0.2) is 25.5 Å². The van der Waals surface area contributed by atoms with Crippen LogP contribution in [0.3, 0.4) is 0 Å². The molecular formula is C17H19N5O. The number of hydrogen-bond donors (Lipinski definition) is 1. The first-order chi connectivity index (χ1) is 11.1. The summed E-state index contributed by atoms with van der Waals surface area (Å²) in [6.07, 6.45) is 5.25. The summed E-state index contributed by atoms with van der Waals surface area (Å²) in [5, 5.41) is 11.3. The molecule has 23 heavy (non-hydrogen) atoms. The molecule has 0 unspecified atom stereocenters.